The van der Waals surface area contributed by atoms with Crippen molar-refractivity contribution in [2.24, 2.45) is 0 Å². The van der Waals surface area contributed by atoms with Crippen LogP contribution in [0.15, 0.2) is 18.2 Å². The van der Waals surface area contributed by atoms with E-state index in [0.29, 0.717) is 0 Å². The fourth-order valence-electron chi connectivity index (χ4n) is 1.99. The number of hydrogen-bond acceptors (Lipinski definition) is 2. The summed E-state index contributed by atoms with van der Waals surface area (Å²) in [5.74, 6) is -0.661. The molecule has 1 aromatic carbocycles. The van der Waals surface area contributed by atoms with E-state index >= 15 is 0 Å². The van der Waals surface area contributed by atoms with Crippen LogP contribution in [0.3, 0.4) is 0 Å². The third kappa shape index (κ3) is 2.34. The molecule has 0 aromatic heterocycles. The van der Waals surface area contributed by atoms with Crippen molar-refractivity contribution in [2.75, 3.05) is 6.54 Å². The van der Waals surface area contributed by atoms with Gasteiger partial charge in [-0.05, 0) is 37.1 Å². The monoisotopic (exact) mass is 250 g/mol. The van der Waals surface area contributed by atoms with Gasteiger partial charge in [-0.25, -0.2) is 4.39 Å². The smallest absolute Gasteiger partial charge is 0.242 e. The van der Waals surface area contributed by atoms with Crippen LogP contribution in [-0.2, 0) is 16.1 Å². The zero-order valence-corrected chi connectivity index (χ0v) is 10.4. The Bertz CT molecular complexity index is 502. The first-order valence-corrected chi connectivity index (χ1v) is 5.81. The number of carbonyl (C=O) groups is 2. The number of piperazine rings is 1. The minimum atomic E-state index is -0.520. The van der Waals surface area contributed by atoms with Crippen molar-refractivity contribution in [3.05, 3.63) is 35.1 Å². The summed E-state index contributed by atoms with van der Waals surface area (Å²) in [5.41, 5.74) is 1.63. The third-order valence-electron chi connectivity index (χ3n) is 3.23. The number of aryl methyl sites for hydroxylation is 1. The van der Waals surface area contributed by atoms with Gasteiger partial charge in [0.25, 0.3) is 0 Å². The lowest BCUT2D eigenvalue weighted by Crippen LogP contribution is -2.56. The average Bonchev–Trinajstić information content (AvgIpc) is 2.34. The molecule has 1 heterocycles. The Kier molecular flexibility index (Phi) is 3.32. The Hall–Kier alpha value is -1.91. The van der Waals surface area contributed by atoms with Gasteiger partial charge in [0.05, 0.1) is 6.54 Å². The lowest BCUT2D eigenvalue weighted by atomic mass is 10.1. The van der Waals surface area contributed by atoms with Gasteiger partial charge >= 0.3 is 0 Å². The second kappa shape index (κ2) is 4.76. The molecule has 5 heteroatoms. The third-order valence-corrected chi connectivity index (χ3v) is 3.23. The fraction of sp³-hybridized carbons (Fsp3) is 0.385. The molecule has 1 atom stereocenters. The normalized spacial score (nSPS) is 19.9. The quantitative estimate of drug-likeness (QED) is 0.850. The largest absolute Gasteiger partial charge is 0.345 e. The lowest BCUT2D eigenvalue weighted by Gasteiger charge is -2.33. The first kappa shape index (κ1) is 12.5. The van der Waals surface area contributed by atoms with Crippen molar-refractivity contribution in [3.8, 4) is 0 Å². The van der Waals surface area contributed by atoms with Gasteiger partial charge in [-0.3, -0.25) is 9.59 Å². The number of halogens is 1. The van der Waals surface area contributed by atoms with Crippen LogP contribution in [0, 0.1) is 12.7 Å². The highest BCUT2D eigenvalue weighted by atomic mass is 19.1. The summed E-state index contributed by atoms with van der Waals surface area (Å²) in [5, 5.41) is 2.52. The molecule has 1 aliphatic rings. The number of benzene rings is 1. The minimum Gasteiger partial charge on any atom is -0.345 e. The highest BCUT2D eigenvalue weighted by Crippen LogP contribution is 2.16. The molecule has 0 radical (unpaired) electrons. The van der Waals surface area contributed by atoms with E-state index in [1.54, 1.807) is 13.0 Å². The highest BCUT2D eigenvalue weighted by Gasteiger charge is 2.30. The van der Waals surface area contributed by atoms with Crippen molar-refractivity contribution in [1.29, 1.82) is 0 Å². The Morgan fingerprint density at radius 1 is 1.44 bits per heavy atom. The van der Waals surface area contributed by atoms with Crippen LogP contribution in [0.1, 0.15) is 18.1 Å². The van der Waals surface area contributed by atoms with E-state index in [-0.39, 0.29) is 30.7 Å². The topological polar surface area (TPSA) is 49.4 Å². The van der Waals surface area contributed by atoms with E-state index in [0.717, 1.165) is 11.1 Å². The molecular formula is C13H15FN2O2. The van der Waals surface area contributed by atoms with Crippen LogP contribution in [0.2, 0.25) is 0 Å². The van der Waals surface area contributed by atoms with Gasteiger partial charge in [-0.15, -0.1) is 0 Å². The summed E-state index contributed by atoms with van der Waals surface area (Å²) in [7, 11) is 0. The van der Waals surface area contributed by atoms with Crippen LogP contribution < -0.4 is 5.32 Å². The summed E-state index contributed by atoms with van der Waals surface area (Å²) in [6.45, 7) is 3.80. The molecule has 1 fully saturated rings. The Morgan fingerprint density at radius 3 is 2.89 bits per heavy atom. The molecule has 18 heavy (non-hydrogen) atoms. The molecule has 96 valence electrons. The molecule has 1 aromatic rings. The molecule has 1 aliphatic heterocycles. The number of amides is 2. The summed E-state index contributed by atoms with van der Waals surface area (Å²) in [4.78, 5) is 24.8. The van der Waals surface area contributed by atoms with Crippen molar-refractivity contribution in [2.45, 2.75) is 26.4 Å². The zero-order valence-electron chi connectivity index (χ0n) is 10.4. The molecule has 1 N–H and O–H groups in total. The maximum absolute atomic E-state index is 13.2. The highest BCUT2D eigenvalue weighted by molar-refractivity contribution is 5.94. The van der Waals surface area contributed by atoms with E-state index in [1.165, 1.54) is 17.0 Å². The Balaban J connectivity index is 2.23. The SMILES string of the molecule is Cc1ccc(F)cc1CN1C(=O)CNC(=O)C1C. The van der Waals surface area contributed by atoms with Crippen LogP contribution in [0.25, 0.3) is 0 Å². The van der Waals surface area contributed by atoms with Crippen molar-refractivity contribution in [3.63, 3.8) is 0 Å². The maximum atomic E-state index is 13.2. The Morgan fingerprint density at radius 2 is 2.17 bits per heavy atom. The zero-order chi connectivity index (χ0) is 13.3. The van der Waals surface area contributed by atoms with E-state index < -0.39 is 6.04 Å². The maximum Gasteiger partial charge on any atom is 0.242 e. The number of hydrogen-bond donors (Lipinski definition) is 1. The first-order valence-electron chi connectivity index (χ1n) is 5.81. The minimum absolute atomic E-state index is 0.0114. The predicted molar refractivity (Wildman–Crippen MR) is 64.2 cm³/mol. The van der Waals surface area contributed by atoms with Crippen LogP contribution in [0.5, 0.6) is 0 Å². The summed E-state index contributed by atoms with van der Waals surface area (Å²) < 4.78 is 13.2. The van der Waals surface area contributed by atoms with Crippen molar-refractivity contribution >= 4 is 11.8 Å². The second-order valence-electron chi connectivity index (χ2n) is 4.49. The molecule has 1 saturated heterocycles. The molecule has 0 aliphatic carbocycles. The van der Waals surface area contributed by atoms with Gasteiger partial charge in [0.2, 0.25) is 11.8 Å². The number of rotatable bonds is 2. The van der Waals surface area contributed by atoms with Crippen LogP contribution in [0.4, 0.5) is 4.39 Å². The van der Waals surface area contributed by atoms with E-state index in [4.69, 9.17) is 0 Å². The molecule has 0 saturated carbocycles. The average molecular weight is 250 g/mol. The molecule has 4 nitrogen and oxygen atoms in total. The van der Waals surface area contributed by atoms with Gasteiger partial charge in [-0.1, -0.05) is 6.07 Å². The van der Waals surface area contributed by atoms with Gasteiger partial charge in [0.15, 0.2) is 0 Å². The molecular weight excluding hydrogens is 235 g/mol. The van der Waals surface area contributed by atoms with Crippen molar-refractivity contribution in [1.82, 2.24) is 10.2 Å². The summed E-state index contributed by atoms with van der Waals surface area (Å²) in [6, 6.07) is 3.94. The van der Waals surface area contributed by atoms with Crippen LogP contribution >= 0.6 is 0 Å². The second-order valence-corrected chi connectivity index (χ2v) is 4.49. The van der Waals surface area contributed by atoms with E-state index in [2.05, 4.69) is 5.32 Å². The number of nitrogens with zero attached hydrogens (tertiary/aromatic N) is 1. The lowest BCUT2D eigenvalue weighted by molar-refractivity contribution is -0.145. The first-order chi connectivity index (χ1) is 8.49. The Labute approximate surface area is 105 Å². The fourth-order valence-corrected chi connectivity index (χ4v) is 1.99. The summed E-state index contributed by atoms with van der Waals surface area (Å²) in [6.07, 6.45) is 0. The van der Waals surface area contributed by atoms with Crippen molar-refractivity contribution < 1.29 is 14.0 Å². The van der Waals surface area contributed by atoms with Gasteiger partial charge in [0.1, 0.15) is 11.9 Å². The number of carbonyl (C=O) groups excluding carboxylic acids is 2. The molecule has 2 amide bonds. The number of nitrogens with one attached hydrogen (secondary N) is 1. The van der Waals surface area contributed by atoms with Gasteiger partial charge in [-0.2, -0.15) is 0 Å². The van der Waals surface area contributed by atoms with Gasteiger partial charge in [0, 0.05) is 6.54 Å². The molecule has 0 bridgehead atoms. The summed E-state index contributed by atoms with van der Waals surface area (Å²) >= 11 is 0. The predicted octanol–water partition coefficient (Wildman–Crippen LogP) is 0.981. The molecule has 1 unspecified atom stereocenters. The van der Waals surface area contributed by atoms with E-state index in [1.807, 2.05) is 6.92 Å². The molecule has 2 rings (SSSR count). The van der Waals surface area contributed by atoms with E-state index in [9.17, 15) is 14.0 Å². The van der Waals surface area contributed by atoms with Gasteiger partial charge < -0.3 is 10.2 Å². The standard InChI is InChI=1S/C13H15FN2O2/c1-8-3-4-11(14)5-10(8)7-16-9(2)13(18)15-6-12(16)17/h3-5,9H,6-7H2,1-2H3,(H,15,18). The van der Waals surface area contributed by atoms with Crippen LogP contribution in [-0.4, -0.2) is 29.3 Å². The molecule has 0 spiro atoms.